The van der Waals surface area contributed by atoms with Crippen molar-refractivity contribution in [2.75, 3.05) is 27.2 Å². The minimum atomic E-state index is -0.985. The van der Waals surface area contributed by atoms with Gasteiger partial charge in [0.1, 0.15) is 24.2 Å². The molecule has 8 amide bonds. The van der Waals surface area contributed by atoms with Crippen LogP contribution in [0.25, 0.3) is 0 Å². The Morgan fingerprint density at radius 2 is 0.905 bits per heavy atom. The van der Waals surface area contributed by atoms with Gasteiger partial charge in [-0.2, -0.15) is 0 Å². The summed E-state index contributed by atoms with van der Waals surface area (Å²) in [5.41, 5.74) is 2.94. The van der Waals surface area contributed by atoms with E-state index >= 15 is 0 Å². The normalized spacial score (nSPS) is 22.9. The average molecular weight is 1070 g/mol. The van der Waals surface area contributed by atoms with Crippen LogP contribution in [-0.2, 0) is 51.2 Å². The molecule has 2 aromatic rings. The van der Waals surface area contributed by atoms with Gasteiger partial charge < -0.3 is 52.3 Å². The lowest BCUT2D eigenvalue weighted by molar-refractivity contribution is -0.144. The first-order chi connectivity index (χ1) is 34.0. The molecule has 2 unspecified atom stereocenters. The second-order valence-corrected chi connectivity index (χ2v) is 22.5. The SMILES string of the molecule is CN[C@@H](C)C(=O)N[C@H](C(=O)N1C[C@@H](NC(=O)CCC(=O)N[C@H]2C[C@@H](C(=O)NC3CCCc4ccccc43)N(C(=O)[C@@H](NC(=O)[C@H](C)NC)C(C)(C)C)C2)C[C@H]1C(=O)NC1CCCc2ccccc21)C(C)(C)C.Cl.Cl. The summed E-state index contributed by atoms with van der Waals surface area (Å²) >= 11 is 0. The molecule has 2 aromatic carbocycles. The summed E-state index contributed by atoms with van der Waals surface area (Å²) in [5.74, 6) is -3.24. The molecule has 0 spiro atoms. The maximum atomic E-state index is 14.6. The maximum absolute atomic E-state index is 14.6. The predicted octanol–water partition coefficient (Wildman–Crippen LogP) is 3.45. The number of rotatable bonds is 17. The van der Waals surface area contributed by atoms with Gasteiger partial charge >= 0.3 is 0 Å². The highest BCUT2D eigenvalue weighted by atomic mass is 35.5. The standard InChI is InChI=1S/C54H80N10O8.2ClH/c1-31(55-9)47(67)61-45(53(3,4)5)51(71)63-29-35(27-41(63)49(69)59-39-23-15-19-33-17-11-13-21-37(33)39)57-43(65)25-26-44(66)58-36-28-42(50(70)60-40-24-16-20-34-18-12-14-22-38(34)40)64(30-36)52(72)46(54(6,7)8)62-48(68)32(2)56-10;;/h11-14,17-18,21-22,31-32,35-36,39-42,45-46,55-56H,15-16,19-20,23-30H2,1-10H3,(H,57,65)(H,58,66)(H,59,69)(H,60,70)(H,61,67)(H,62,68);2*1H/t31-,32-,35-,36-,39?,40?,41-,42-,45+,46+;;/m0../s1. The third kappa shape index (κ3) is 15.2. The molecule has 2 aliphatic heterocycles. The lowest BCUT2D eigenvalue weighted by atomic mass is 9.85. The van der Waals surface area contributed by atoms with E-state index in [9.17, 15) is 38.4 Å². The maximum Gasteiger partial charge on any atom is 0.246 e. The molecule has 0 bridgehead atoms. The number of carbonyl (C=O) groups is 8. The van der Waals surface area contributed by atoms with Crippen LogP contribution in [-0.4, -0.2) is 133 Å². The summed E-state index contributed by atoms with van der Waals surface area (Å²) in [6.07, 6.45) is 4.87. The molecule has 2 saturated heterocycles. The van der Waals surface area contributed by atoms with E-state index in [-0.39, 0.29) is 99.3 Å². The van der Waals surface area contributed by atoms with Crippen LogP contribution in [0.2, 0.25) is 0 Å². The van der Waals surface area contributed by atoms with Crippen molar-refractivity contribution in [2.45, 2.75) is 180 Å². The fourth-order valence-electron chi connectivity index (χ4n) is 10.5. The number of hydrogen-bond acceptors (Lipinski definition) is 10. The number of fused-ring (bicyclic) bond motifs is 2. The monoisotopic (exact) mass is 1070 g/mol. The van der Waals surface area contributed by atoms with Gasteiger partial charge in [0.15, 0.2) is 0 Å². The summed E-state index contributed by atoms with van der Waals surface area (Å²) in [6.45, 7) is 14.4. The van der Waals surface area contributed by atoms with Crippen molar-refractivity contribution in [3.63, 3.8) is 0 Å². The van der Waals surface area contributed by atoms with E-state index in [1.165, 1.54) is 9.80 Å². The van der Waals surface area contributed by atoms with Gasteiger partial charge in [-0.25, -0.2) is 0 Å². The molecule has 18 nitrogen and oxygen atoms in total. The number of likely N-dealkylation sites (N-methyl/N-ethyl adjacent to an activating group) is 2. The highest BCUT2D eigenvalue weighted by Crippen LogP contribution is 2.34. The molecule has 74 heavy (non-hydrogen) atoms. The number of likely N-dealkylation sites (tertiary alicyclic amines) is 2. The number of hydrogen-bond donors (Lipinski definition) is 8. The summed E-state index contributed by atoms with van der Waals surface area (Å²) in [7, 11) is 3.30. The molecule has 0 saturated carbocycles. The number of nitrogens with one attached hydrogen (secondary N) is 8. The van der Waals surface area contributed by atoms with Crippen LogP contribution in [0, 0.1) is 10.8 Å². The molecule has 10 atom stereocenters. The van der Waals surface area contributed by atoms with E-state index < -0.39 is 82.8 Å². The fourth-order valence-corrected chi connectivity index (χ4v) is 10.5. The molecular weight excluding hydrogens is 988 g/mol. The molecule has 2 aliphatic carbocycles. The summed E-state index contributed by atoms with van der Waals surface area (Å²) in [4.78, 5) is 114. The molecule has 410 valence electrons. The quantitative estimate of drug-likeness (QED) is 0.115. The van der Waals surface area contributed by atoms with Gasteiger partial charge in [-0.3, -0.25) is 38.4 Å². The van der Waals surface area contributed by atoms with Crippen molar-refractivity contribution in [2.24, 2.45) is 10.8 Å². The van der Waals surface area contributed by atoms with Crippen LogP contribution in [0.1, 0.15) is 141 Å². The minimum Gasteiger partial charge on any atom is -0.351 e. The van der Waals surface area contributed by atoms with Gasteiger partial charge in [0.05, 0.1) is 24.2 Å². The van der Waals surface area contributed by atoms with Crippen LogP contribution >= 0.6 is 24.8 Å². The second-order valence-electron chi connectivity index (χ2n) is 22.5. The number of amides is 8. The van der Waals surface area contributed by atoms with Crippen LogP contribution in [0.3, 0.4) is 0 Å². The molecule has 6 rings (SSSR count). The van der Waals surface area contributed by atoms with Gasteiger partial charge in [0.25, 0.3) is 0 Å². The zero-order valence-corrected chi connectivity index (χ0v) is 46.5. The summed E-state index contributed by atoms with van der Waals surface area (Å²) in [5, 5.41) is 24.0. The predicted molar refractivity (Wildman–Crippen MR) is 288 cm³/mol. The van der Waals surface area contributed by atoms with Crippen molar-refractivity contribution in [3.05, 3.63) is 70.8 Å². The van der Waals surface area contributed by atoms with Gasteiger partial charge in [-0.1, -0.05) is 90.1 Å². The van der Waals surface area contributed by atoms with E-state index in [0.29, 0.717) is 0 Å². The van der Waals surface area contributed by atoms with Crippen LogP contribution < -0.4 is 42.5 Å². The third-order valence-corrected chi connectivity index (χ3v) is 14.9. The minimum absolute atomic E-state index is 0. The molecule has 8 N–H and O–H groups in total. The van der Waals surface area contributed by atoms with E-state index in [0.717, 1.165) is 60.8 Å². The first kappa shape index (κ1) is 61.2. The zero-order chi connectivity index (χ0) is 52.7. The van der Waals surface area contributed by atoms with Gasteiger partial charge in [0.2, 0.25) is 47.3 Å². The Morgan fingerprint density at radius 3 is 1.24 bits per heavy atom. The lowest BCUT2D eigenvalue weighted by Gasteiger charge is -2.36. The van der Waals surface area contributed by atoms with Crippen molar-refractivity contribution in [3.8, 4) is 0 Å². The molecule has 2 fully saturated rings. The zero-order valence-electron chi connectivity index (χ0n) is 44.9. The largest absolute Gasteiger partial charge is 0.351 e. The van der Waals surface area contributed by atoms with Crippen molar-refractivity contribution in [1.29, 1.82) is 0 Å². The number of benzene rings is 2. The highest BCUT2D eigenvalue weighted by Gasteiger charge is 2.48. The Bertz CT molecular complexity index is 2180. The van der Waals surface area contributed by atoms with Crippen molar-refractivity contribution < 1.29 is 38.4 Å². The van der Waals surface area contributed by atoms with Gasteiger partial charge in [-0.05, 0) is 112 Å². The van der Waals surface area contributed by atoms with Crippen LogP contribution in [0.15, 0.2) is 48.5 Å². The third-order valence-electron chi connectivity index (χ3n) is 14.9. The Kier molecular flexibility index (Phi) is 21.9. The second kappa shape index (κ2) is 26.5. The van der Waals surface area contributed by atoms with Crippen molar-refractivity contribution >= 4 is 72.1 Å². The molecule has 0 radical (unpaired) electrons. The van der Waals surface area contributed by atoms with Gasteiger partial charge in [-0.15, -0.1) is 24.8 Å². The van der Waals surface area contributed by atoms with Crippen LogP contribution in [0.5, 0.6) is 0 Å². The van der Waals surface area contributed by atoms with E-state index in [4.69, 9.17) is 0 Å². The number of nitrogens with zero attached hydrogens (tertiary/aromatic N) is 2. The highest BCUT2D eigenvalue weighted by molar-refractivity contribution is 5.96. The first-order valence-electron chi connectivity index (χ1n) is 25.9. The van der Waals surface area contributed by atoms with Gasteiger partial charge in [0, 0.05) is 38.0 Å². The van der Waals surface area contributed by atoms with E-state index in [2.05, 4.69) is 54.7 Å². The smallest absolute Gasteiger partial charge is 0.246 e. The Morgan fingerprint density at radius 1 is 0.554 bits per heavy atom. The first-order valence-corrected chi connectivity index (χ1v) is 25.9. The van der Waals surface area contributed by atoms with Crippen molar-refractivity contribution in [1.82, 2.24) is 52.3 Å². The number of halogens is 2. The molecule has 0 aromatic heterocycles. The molecule has 4 aliphatic rings. The number of aryl methyl sites for hydroxylation is 2. The average Bonchev–Trinajstić information content (AvgIpc) is 3.97. The Balaban J connectivity index is 0.00000593. The Hall–Kier alpha value is -5.30. The molecule has 20 heteroatoms. The van der Waals surface area contributed by atoms with Crippen LogP contribution in [0.4, 0.5) is 0 Å². The Labute approximate surface area is 449 Å². The summed E-state index contributed by atoms with van der Waals surface area (Å²) < 4.78 is 0. The van der Waals surface area contributed by atoms with E-state index in [1.54, 1.807) is 27.9 Å². The summed E-state index contributed by atoms with van der Waals surface area (Å²) in [6, 6.07) is 9.18. The fraction of sp³-hybridized carbons (Fsp3) is 0.630. The lowest BCUT2D eigenvalue weighted by Crippen LogP contribution is -2.59. The number of carbonyl (C=O) groups excluding carboxylic acids is 8. The topological polar surface area (TPSA) is 239 Å². The van der Waals surface area contributed by atoms with E-state index in [1.807, 2.05) is 77.9 Å². The molecule has 2 heterocycles. The molecular formula is C54H82Cl2N10O8.